The number of para-hydroxylation sites is 1. The zero-order valence-electron chi connectivity index (χ0n) is 10.2. The summed E-state index contributed by atoms with van der Waals surface area (Å²) in [5, 5.41) is 2.49. The second kappa shape index (κ2) is 6.75. The maximum absolute atomic E-state index is 11.2. The van der Waals surface area contributed by atoms with E-state index >= 15 is 0 Å². The number of methoxy groups -OCH3 is 1. The van der Waals surface area contributed by atoms with Crippen molar-refractivity contribution in [2.75, 3.05) is 27.3 Å². The summed E-state index contributed by atoms with van der Waals surface area (Å²) in [6.07, 6.45) is 0.681. The molecule has 0 saturated carbocycles. The van der Waals surface area contributed by atoms with Gasteiger partial charge in [-0.2, -0.15) is 0 Å². The van der Waals surface area contributed by atoms with Crippen molar-refractivity contribution in [3.05, 3.63) is 23.8 Å². The molecule has 0 saturated heterocycles. The van der Waals surface area contributed by atoms with Gasteiger partial charge in [-0.1, -0.05) is 12.1 Å². The molecule has 0 heterocycles. The van der Waals surface area contributed by atoms with Crippen molar-refractivity contribution in [1.82, 2.24) is 5.32 Å². The van der Waals surface area contributed by atoms with Crippen molar-refractivity contribution < 1.29 is 14.3 Å². The second-order valence-corrected chi connectivity index (χ2v) is 3.45. The standard InChI is InChI=1S/C12H18N2O3/c1-14-11(15)8-17-12-9(6-7-13)4-3-5-10(12)16-2/h3-5H,6-8,13H2,1-2H3,(H,14,15). The Balaban J connectivity index is 2.88. The van der Waals surface area contributed by atoms with E-state index in [4.69, 9.17) is 15.2 Å². The molecule has 1 rings (SSSR count). The lowest BCUT2D eigenvalue weighted by Gasteiger charge is -2.14. The zero-order chi connectivity index (χ0) is 12.7. The number of amides is 1. The molecule has 5 heteroatoms. The maximum Gasteiger partial charge on any atom is 0.257 e. The lowest BCUT2D eigenvalue weighted by Crippen LogP contribution is -2.25. The smallest absolute Gasteiger partial charge is 0.257 e. The van der Waals surface area contributed by atoms with E-state index in [9.17, 15) is 4.79 Å². The predicted octanol–water partition coefficient (Wildman–Crippen LogP) is 0.321. The summed E-state index contributed by atoms with van der Waals surface area (Å²) < 4.78 is 10.7. The number of likely N-dealkylation sites (N-methyl/N-ethyl adjacent to an activating group) is 1. The molecule has 0 radical (unpaired) electrons. The van der Waals surface area contributed by atoms with Gasteiger partial charge in [0.1, 0.15) is 0 Å². The summed E-state index contributed by atoms with van der Waals surface area (Å²) in [7, 11) is 3.13. The SMILES string of the molecule is CNC(=O)COc1c(CCN)cccc1OC. The molecule has 1 amide bonds. The summed E-state index contributed by atoms with van der Waals surface area (Å²) in [5.41, 5.74) is 6.47. The van der Waals surface area contributed by atoms with Crippen LogP contribution in [0.25, 0.3) is 0 Å². The van der Waals surface area contributed by atoms with E-state index in [0.717, 1.165) is 5.56 Å². The number of hydrogen-bond acceptors (Lipinski definition) is 4. The van der Waals surface area contributed by atoms with Crippen molar-refractivity contribution in [3.8, 4) is 11.5 Å². The van der Waals surface area contributed by atoms with Crippen LogP contribution in [0.15, 0.2) is 18.2 Å². The highest BCUT2D eigenvalue weighted by Gasteiger charge is 2.11. The fourth-order valence-corrected chi connectivity index (χ4v) is 1.45. The van der Waals surface area contributed by atoms with Gasteiger partial charge in [0.05, 0.1) is 7.11 Å². The molecule has 0 bridgehead atoms. The molecule has 0 fully saturated rings. The second-order valence-electron chi connectivity index (χ2n) is 3.45. The Morgan fingerprint density at radius 2 is 2.24 bits per heavy atom. The van der Waals surface area contributed by atoms with E-state index < -0.39 is 0 Å². The van der Waals surface area contributed by atoms with Crippen LogP contribution >= 0.6 is 0 Å². The summed E-state index contributed by atoms with van der Waals surface area (Å²) in [4.78, 5) is 11.2. The molecule has 0 atom stereocenters. The number of nitrogens with one attached hydrogen (secondary N) is 1. The van der Waals surface area contributed by atoms with Gasteiger partial charge in [-0.3, -0.25) is 4.79 Å². The van der Waals surface area contributed by atoms with E-state index in [0.29, 0.717) is 24.5 Å². The van der Waals surface area contributed by atoms with Gasteiger partial charge in [-0.15, -0.1) is 0 Å². The highest BCUT2D eigenvalue weighted by atomic mass is 16.5. The fraction of sp³-hybridized carbons (Fsp3) is 0.417. The summed E-state index contributed by atoms with van der Waals surface area (Å²) in [5.74, 6) is 1.01. The van der Waals surface area contributed by atoms with E-state index in [1.165, 1.54) is 0 Å². The Morgan fingerprint density at radius 3 is 2.82 bits per heavy atom. The normalized spacial score (nSPS) is 9.82. The van der Waals surface area contributed by atoms with Crippen LogP contribution in [0.4, 0.5) is 0 Å². The Hall–Kier alpha value is -1.75. The van der Waals surface area contributed by atoms with Gasteiger partial charge in [0.2, 0.25) is 0 Å². The minimum atomic E-state index is -0.186. The monoisotopic (exact) mass is 238 g/mol. The van der Waals surface area contributed by atoms with Crippen LogP contribution in [0.2, 0.25) is 0 Å². The topological polar surface area (TPSA) is 73.6 Å². The van der Waals surface area contributed by atoms with Gasteiger partial charge in [-0.05, 0) is 24.6 Å². The molecule has 3 N–H and O–H groups in total. The largest absolute Gasteiger partial charge is 0.493 e. The zero-order valence-corrected chi connectivity index (χ0v) is 10.2. The average Bonchev–Trinajstić information content (AvgIpc) is 2.36. The molecular weight excluding hydrogens is 220 g/mol. The number of nitrogens with two attached hydrogens (primary N) is 1. The Kier molecular flexibility index (Phi) is 5.29. The van der Waals surface area contributed by atoms with Crippen molar-refractivity contribution in [2.45, 2.75) is 6.42 Å². The minimum Gasteiger partial charge on any atom is -0.493 e. The lowest BCUT2D eigenvalue weighted by molar-refractivity contribution is -0.122. The van der Waals surface area contributed by atoms with Crippen molar-refractivity contribution in [2.24, 2.45) is 5.73 Å². The first-order valence-electron chi connectivity index (χ1n) is 5.42. The molecular formula is C12H18N2O3. The first-order valence-corrected chi connectivity index (χ1v) is 5.42. The molecule has 5 nitrogen and oxygen atoms in total. The maximum atomic E-state index is 11.2. The third kappa shape index (κ3) is 3.64. The van der Waals surface area contributed by atoms with Crippen LogP contribution in [0.3, 0.4) is 0 Å². The summed E-state index contributed by atoms with van der Waals surface area (Å²) in [6, 6.07) is 5.57. The molecule has 1 aromatic rings. The number of hydrogen-bond donors (Lipinski definition) is 2. The first-order chi connectivity index (χ1) is 8.22. The molecule has 0 aliphatic carbocycles. The molecule has 0 aliphatic heterocycles. The van der Waals surface area contributed by atoms with Gasteiger partial charge in [0.25, 0.3) is 5.91 Å². The van der Waals surface area contributed by atoms with E-state index in [-0.39, 0.29) is 12.5 Å². The van der Waals surface area contributed by atoms with Crippen LogP contribution in [0.5, 0.6) is 11.5 Å². The number of benzene rings is 1. The Morgan fingerprint density at radius 1 is 1.47 bits per heavy atom. The van der Waals surface area contributed by atoms with Crippen LogP contribution in [-0.2, 0) is 11.2 Å². The highest BCUT2D eigenvalue weighted by Crippen LogP contribution is 2.31. The molecule has 0 unspecified atom stereocenters. The van der Waals surface area contributed by atoms with Gasteiger partial charge in [-0.25, -0.2) is 0 Å². The van der Waals surface area contributed by atoms with Crippen LogP contribution in [-0.4, -0.2) is 33.2 Å². The van der Waals surface area contributed by atoms with Crippen LogP contribution in [0.1, 0.15) is 5.56 Å². The number of rotatable bonds is 6. The van der Waals surface area contributed by atoms with Gasteiger partial charge < -0.3 is 20.5 Å². The lowest BCUT2D eigenvalue weighted by atomic mass is 10.1. The third-order valence-corrected chi connectivity index (χ3v) is 2.32. The molecule has 94 valence electrons. The minimum absolute atomic E-state index is 0.0333. The average molecular weight is 238 g/mol. The quantitative estimate of drug-likeness (QED) is 0.748. The van der Waals surface area contributed by atoms with Gasteiger partial charge in [0.15, 0.2) is 18.1 Å². The molecule has 17 heavy (non-hydrogen) atoms. The molecule has 0 spiro atoms. The summed E-state index contributed by atoms with van der Waals surface area (Å²) in [6.45, 7) is 0.484. The van der Waals surface area contributed by atoms with E-state index in [1.807, 2.05) is 12.1 Å². The highest BCUT2D eigenvalue weighted by molar-refractivity contribution is 5.77. The Labute approximate surface area is 101 Å². The van der Waals surface area contributed by atoms with Crippen LogP contribution < -0.4 is 20.5 Å². The number of ether oxygens (including phenoxy) is 2. The van der Waals surface area contributed by atoms with Crippen LogP contribution in [0, 0.1) is 0 Å². The first kappa shape index (κ1) is 13.3. The van der Waals surface area contributed by atoms with E-state index in [2.05, 4.69) is 5.32 Å². The van der Waals surface area contributed by atoms with Crippen molar-refractivity contribution in [3.63, 3.8) is 0 Å². The molecule has 0 aliphatic rings. The van der Waals surface area contributed by atoms with Gasteiger partial charge in [0, 0.05) is 7.05 Å². The number of carbonyl (C=O) groups excluding carboxylic acids is 1. The summed E-state index contributed by atoms with van der Waals surface area (Å²) >= 11 is 0. The molecule has 0 aromatic heterocycles. The Bertz CT molecular complexity index is 380. The fourth-order valence-electron chi connectivity index (χ4n) is 1.45. The predicted molar refractivity (Wildman–Crippen MR) is 65.3 cm³/mol. The van der Waals surface area contributed by atoms with E-state index in [1.54, 1.807) is 20.2 Å². The van der Waals surface area contributed by atoms with Crippen molar-refractivity contribution >= 4 is 5.91 Å². The van der Waals surface area contributed by atoms with Crippen molar-refractivity contribution in [1.29, 1.82) is 0 Å². The van der Waals surface area contributed by atoms with Gasteiger partial charge >= 0.3 is 0 Å². The molecule has 1 aromatic carbocycles. The third-order valence-electron chi connectivity index (χ3n) is 2.32. The number of carbonyl (C=O) groups is 1.